The summed E-state index contributed by atoms with van der Waals surface area (Å²) in [7, 11) is 1.80. The summed E-state index contributed by atoms with van der Waals surface area (Å²) in [6.45, 7) is 4.36. The summed E-state index contributed by atoms with van der Waals surface area (Å²) in [5.74, 6) is 0. The third-order valence-electron chi connectivity index (χ3n) is 3.38. The molecule has 15 heavy (non-hydrogen) atoms. The molecule has 0 aromatic heterocycles. The van der Waals surface area contributed by atoms with Crippen LogP contribution in [-0.2, 0) is 4.74 Å². The van der Waals surface area contributed by atoms with Crippen molar-refractivity contribution in [2.75, 3.05) is 26.9 Å². The molecule has 0 unspecified atom stereocenters. The normalized spacial score (nSPS) is 28.2. The highest BCUT2D eigenvalue weighted by molar-refractivity contribution is 4.78. The molecule has 0 amide bonds. The maximum absolute atomic E-state index is 11.9. The summed E-state index contributed by atoms with van der Waals surface area (Å²) in [5.41, 5.74) is 0. The van der Waals surface area contributed by atoms with Gasteiger partial charge in [0.25, 0.3) is 0 Å². The van der Waals surface area contributed by atoms with E-state index in [0.717, 1.165) is 45.2 Å². The maximum atomic E-state index is 11.9. The lowest BCUT2D eigenvalue weighted by molar-refractivity contribution is 0.0155. The van der Waals surface area contributed by atoms with Crippen LogP contribution in [0.25, 0.3) is 0 Å². The van der Waals surface area contributed by atoms with E-state index in [1.807, 2.05) is 0 Å². The van der Waals surface area contributed by atoms with E-state index in [2.05, 4.69) is 11.8 Å². The number of likely N-dealkylation sites (tertiary alicyclic amines) is 1. The Morgan fingerprint density at radius 2 is 2.13 bits per heavy atom. The van der Waals surface area contributed by atoms with Gasteiger partial charge in [-0.1, -0.05) is 0 Å². The Morgan fingerprint density at radius 3 is 2.73 bits per heavy atom. The molecular formula is C12H24FNO. The van der Waals surface area contributed by atoms with E-state index in [0.29, 0.717) is 12.1 Å². The minimum atomic E-state index is -0.165. The first-order valence-electron chi connectivity index (χ1n) is 6.10. The van der Waals surface area contributed by atoms with Gasteiger partial charge < -0.3 is 9.64 Å². The summed E-state index contributed by atoms with van der Waals surface area (Å²) in [6, 6.07) is 0.620. The summed E-state index contributed by atoms with van der Waals surface area (Å²) in [6.07, 6.45) is 5.60. The number of unbranched alkanes of at least 4 members (excludes halogenated alkanes) is 2. The Bertz CT molecular complexity index is 166. The highest BCUT2D eigenvalue weighted by Crippen LogP contribution is 2.19. The van der Waals surface area contributed by atoms with Crippen LogP contribution in [0.1, 0.15) is 39.0 Å². The van der Waals surface area contributed by atoms with Gasteiger partial charge in [-0.15, -0.1) is 0 Å². The lowest BCUT2D eigenvalue weighted by atomic mass is 10.0. The van der Waals surface area contributed by atoms with Gasteiger partial charge in [-0.3, -0.25) is 4.39 Å². The lowest BCUT2D eigenvalue weighted by Crippen LogP contribution is -2.43. The van der Waals surface area contributed by atoms with Gasteiger partial charge in [-0.25, -0.2) is 0 Å². The van der Waals surface area contributed by atoms with Gasteiger partial charge in [0.15, 0.2) is 0 Å². The molecule has 1 fully saturated rings. The molecule has 0 aromatic carbocycles. The smallest absolute Gasteiger partial charge is 0.0894 e. The fourth-order valence-corrected chi connectivity index (χ4v) is 2.31. The summed E-state index contributed by atoms with van der Waals surface area (Å²) >= 11 is 0. The van der Waals surface area contributed by atoms with Gasteiger partial charge in [-0.2, -0.15) is 0 Å². The van der Waals surface area contributed by atoms with Crippen molar-refractivity contribution >= 4 is 0 Å². The van der Waals surface area contributed by atoms with Crippen LogP contribution in [0.3, 0.4) is 0 Å². The molecule has 0 bridgehead atoms. The summed E-state index contributed by atoms with van der Waals surface area (Å²) < 4.78 is 17.3. The summed E-state index contributed by atoms with van der Waals surface area (Å²) in [5, 5.41) is 0. The molecule has 2 atom stereocenters. The molecule has 1 rings (SSSR count). The van der Waals surface area contributed by atoms with Crippen LogP contribution in [0.5, 0.6) is 0 Å². The second-order valence-corrected chi connectivity index (χ2v) is 4.52. The van der Waals surface area contributed by atoms with Gasteiger partial charge in [-0.05, 0) is 45.6 Å². The standard InChI is InChI=1S/C12H24FNO/c1-11-10-12(15-2)6-9-14(11)8-5-3-4-7-13/h11-12H,3-10H2,1-2H3/t11-,12+/m0/s1. The molecule has 0 aromatic rings. The summed E-state index contributed by atoms with van der Waals surface area (Å²) in [4.78, 5) is 2.51. The van der Waals surface area contributed by atoms with Gasteiger partial charge >= 0.3 is 0 Å². The molecule has 2 nitrogen and oxygen atoms in total. The van der Waals surface area contributed by atoms with Crippen LogP contribution < -0.4 is 0 Å². The SMILES string of the molecule is CO[C@@H]1CCN(CCCCCF)[C@@H](C)C1. The van der Waals surface area contributed by atoms with Gasteiger partial charge in [0.1, 0.15) is 0 Å². The number of nitrogens with zero attached hydrogens (tertiary/aromatic N) is 1. The fraction of sp³-hybridized carbons (Fsp3) is 1.00. The Morgan fingerprint density at radius 1 is 1.33 bits per heavy atom. The van der Waals surface area contributed by atoms with Gasteiger partial charge in [0, 0.05) is 19.7 Å². The quantitative estimate of drug-likeness (QED) is 0.634. The van der Waals surface area contributed by atoms with E-state index in [1.165, 1.54) is 0 Å². The van der Waals surface area contributed by atoms with Crippen LogP contribution in [0.15, 0.2) is 0 Å². The van der Waals surface area contributed by atoms with Gasteiger partial charge in [0.05, 0.1) is 12.8 Å². The number of piperidine rings is 1. The number of hydrogen-bond acceptors (Lipinski definition) is 2. The average molecular weight is 217 g/mol. The minimum absolute atomic E-state index is 0.165. The molecule has 0 radical (unpaired) electrons. The van der Waals surface area contributed by atoms with Crippen LogP contribution in [0, 0.1) is 0 Å². The predicted octanol–water partition coefficient (Wildman–Crippen LogP) is 2.63. The molecule has 3 heteroatoms. The molecule has 1 aliphatic heterocycles. The maximum Gasteiger partial charge on any atom is 0.0894 e. The van der Waals surface area contributed by atoms with E-state index in [-0.39, 0.29) is 6.67 Å². The molecule has 0 aliphatic carbocycles. The number of methoxy groups -OCH3 is 1. The Kier molecular flexibility index (Phi) is 6.18. The minimum Gasteiger partial charge on any atom is -0.381 e. The Balaban J connectivity index is 2.14. The molecule has 0 N–H and O–H groups in total. The van der Waals surface area contributed by atoms with Crippen molar-refractivity contribution < 1.29 is 9.13 Å². The topological polar surface area (TPSA) is 12.5 Å². The van der Waals surface area contributed by atoms with Crippen LogP contribution >= 0.6 is 0 Å². The van der Waals surface area contributed by atoms with Crippen molar-refractivity contribution in [2.45, 2.75) is 51.2 Å². The second kappa shape index (κ2) is 7.18. The monoisotopic (exact) mass is 217 g/mol. The Hall–Kier alpha value is -0.150. The lowest BCUT2D eigenvalue weighted by Gasteiger charge is -2.37. The fourth-order valence-electron chi connectivity index (χ4n) is 2.31. The van der Waals surface area contributed by atoms with Crippen LogP contribution in [-0.4, -0.2) is 43.9 Å². The third kappa shape index (κ3) is 4.47. The van der Waals surface area contributed by atoms with E-state index in [1.54, 1.807) is 7.11 Å². The Labute approximate surface area is 92.8 Å². The molecule has 0 saturated carbocycles. The van der Waals surface area contributed by atoms with Gasteiger partial charge in [0.2, 0.25) is 0 Å². The van der Waals surface area contributed by atoms with Crippen molar-refractivity contribution in [3.8, 4) is 0 Å². The molecular weight excluding hydrogens is 193 g/mol. The van der Waals surface area contributed by atoms with E-state index < -0.39 is 0 Å². The van der Waals surface area contributed by atoms with E-state index in [4.69, 9.17) is 4.74 Å². The number of ether oxygens (including phenoxy) is 1. The number of rotatable bonds is 6. The van der Waals surface area contributed by atoms with Crippen molar-refractivity contribution in [3.63, 3.8) is 0 Å². The number of hydrogen-bond donors (Lipinski definition) is 0. The van der Waals surface area contributed by atoms with E-state index in [9.17, 15) is 4.39 Å². The first-order chi connectivity index (χ1) is 7.27. The third-order valence-corrected chi connectivity index (χ3v) is 3.38. The second-order valence-electron chi connectivity index (χ2n) is 4.52. The first-order valence-corrected chi connectivity index (χ1v) is 6.10. The largest absolute Gasteiger partial charge is 0.381 e. The molecule has 1 heterocycles. The predicted molar refractivity (Wildman–Crippen MR) is 60.9 cm³/mol. The average Bonchev–Trinajstić information content (AvgIpc) is 2.26. The number of halogens is 1. The first kappa shape index (κ1) is 12.9. The van der Waals surface area contributed by atoms with E-state index >= 15 is 0 Å². The zero-order valence-electron chi connectivity index (χ0n) is 10.0. The van der Waals surface area contributed by atoms with Crippen molar-refractivity contribution in [1.29, 1.82) is 0 Å². The highest BCUT2D eigenvalue weighted by atomic mass is 19.1. The van der Waals surface area contributed by atoms with Crippen molar-refractivity contribution in [2.24, 2.45) is 0 Å². The zero-order chi connectivity index (χ0) is 11.1. The highest BCUT2D eigenvalue weighted by Gasteiger charge is 2.24. The molecule has 1 saturated heterocycles. The molecule has 90 valence electrons. The molecule has 0 spiro atoms. The van der Waals surface area contributed by atoms with Crippen LogP contribution in [0.4, 0.5) is 4.39 Å². The van der Waals surface area contributed by atoms with Crippen molar-refractivity contribution in [1.82, 2.24) is 4.90 Å². The molecule has 1 aliphatic rings. The zero-order valence-corrected chi connectivity index (χ0v) is 10.0. The number of alkyl halides is 1. The van der Waals surface area contributed by atoms with Crippen LogP contribution in [0.2, 0.25) is 0 Å². The van der Waals surface area contributed by atoms with Crippen molar-refractivity contribution in [3.05, 3.63) is 0 Å².